The van der Waals surface area contributed by atoms with Crippen LogP contribution in [0, 0.1) is 0 Å². The number of nitrogens with one attached hydrogen (secondary N) is 2. The van der Waals surface area contributed by atoms with Gasteiger partial charge in [0.15, 0.2) is 6.61 Å². The number of carbonyl (C=O) groups is 3. The van der Waals surface area contributed by atoms with Crippen LogP contribution in [-0.2, 0) is 27.2 Å². The molecule has 2 atom stereocenters. The summed E-state index contributed by atoms with van der Waals surface area (Å²) in [5.41, 5.74) is 3.25. The summed E-state index contributed by atoms with van der Waals surface area (Å²) in [6, 6.07) is 12.2. The highest BCUT2D eigenvalue weighted by molar-refractivity contribution is 5.99. The van der Waals surface area contributed by atoms with Crippen molar-refractivity contribution in [1.29, 1.82) is 0 Å². The molecular weight excluding hydrogens is 462 g/mol. The number of amides is 2. The quantitative estimate of drug-likeness (QED) is 0.420. The summed E-state index contributed by atoms with van der Waals surface area (Å²) >= 11 is 0. The van der Waals surface area contributed by atoms with Gasteiger partial charge in [-0.1, -0.05) is 24.3 Å². The van der Waals surface area contributed by atoms with Crippen molar-refractivity contribution in [2.24, 2.45) is 0 Å². The number of β-amino-alcohol motifs (C(OH)–C–C–N with tert-alkyl or cyclic N) is 1. The Morgan fingerprint density at radius 1 is 1.24 bits per heavy atom. The molecule has 0 saturated carbocycles. The van der Waals surface area contributed by atoms with E-state index in [1.807, 2.05) is 24.3 Å². The number of carbonyl (C=O) groups excluding carboxylic acids is 2. The second-order valence-corrected chi connectivity index (χ2v) is 8.47. The number of benzene rings is 2. The van der Waals surface area contributed by atoms with Crippen molar-refractivity contribution in [3.63, 3.8) is 0 Å². The number of carboxylic acids is 1. The zero-order chi connectivity index (χ0) is 23.4. The fourth-order valence-electron chi connectivity index (χ4n) is 4.24. The van der Waals surface area contributed by atoms with Crippen LogP contribution in [0.4, 0.5) is 5.69 Å². The number of hydrogen-bond donors (Lipinski definition) is 4. The van der Waals surface area contributed by atoms with Gasteiger partial charge in [0.25, 0.3) is 0 Å². The fourth-order valence-corrected chi connectivity index (χ4v) is 4.24. The van der Waals surface area contributed by atoms with Gasteiger partial charge in [0, 0.05) is 25.3 Å². The molecule has 4 N–H and O–H groups in total. The van der Waals surface area contributed by atoms with Crippen LogP contribution in [0.2, 0.25) is 0 Å². The van der Waals surface area contributed by atoms with E-state index in [0.29, 0.717) is 31.7 Å². The first kappa shape index (κ1) is 25.5. The number of anilines is 1. The van der Waals surface area contributed by atoms with Crippen molar-refractivity contribution >= 4 is 35.9 Å². The molecule has 0 spiro atoms. The molecule has 1 fully saturated rings. The molecule has 2 aromatic carbocycles. The third-order valence-electron chi connectivity index (χ3n) is 5.81. The molecule has 34 heavy (non-hydrogen) atoms. The average molecular weight is 490 g/mol. The molecule has 182 valence electrons. The van der Waals surface area contributed by atoms with Gasteiger partial charge in [-0.15, -0.1) is 12.4 Å². The first-order valence-corrected chi connectivity index (χ1v) is 10.9. The summed E-state index contributed by atoms with van der Waals surface area (Å²) in [6.45, 7) is 1.32. The highest BCUT2D eigenvalue weighted by Crippen LogP contribution is 2.25. The van der Waals surface area contributed by atoms with Crippen LogP contribution < -0.4 is 15.4 Å². The molecule has 2 amide bonds. The third-order valence-corrected chi connectivity index (χ3v) is 5.81. The van der Waals surface area contributed by atoms with Crippen molar-refractivity contribution in [3.8, 4) is 5.75 Å². The number of aliphatic carboxylic acids is 1. The van der Waals surface area contributed by atoms with E-state index in [1.165, 1.54) is 0 Å². The molecular formula is C24H28ClN3O6. The smallest absolute Gasteiger partial charge is 0.341 e. The van der Waals surface area contributed by atoms with Gasteiger partial charge < -0.3 is 25.6 Å². The average Bonchev–Trinajstić information content (AvgIpc) is 3.35. The topological polar surface area (TPSA) is 128 Å². The maximum atomic E-state index is 12.9. The second kappa shape index (κ2) is 11.3. The SMILES string of the molecule is Cl.O=C(O)COc1cccc([C@@H](CN2CCC(O)C2)NC(=O)Cc2ccc3c(c2)NC(=O)C3)c1. The molecule has 1 saturated heterocycles. The minimum absolute atomic E-state index is 0. The summed E-state index contributed by atoms with van der Waals surface area (Å²) < 4.78 is 5.30. The van der Waals surface area contributed by atoms with Crippen LogP contribution in [0.15, 0.2) is 42.5 Å². The molecule has 2 aliphatic rings. The van der Waals surface area contributed by atoms with Gasteiger partial charge in [0.1, 0.15) is 5.75 Å². The van der Waals surface area contributed by atoms with E-state index in [0.717, 1.165) is 28.9 Å². The monoisotopic (exact) mass is 489 g/mol. The standard InChI is InChI=1S/C24H27N3O6.ClH/c28-18-6-7-27(12-18)13-21(16-2-1-3-19(10-16)33-14-24(31)32)26-22(29)9-15-4-5-17-11-23(30)25-20(17)8-15;/h1-5,8,10,18,21,28H,6-7,9,11-14H2,(H,25,30)(H,26,29)(H,31,32);1H/t18?,21-;/m1./s1. The lowest BCUT2D eigenvalue weighted by Gasteiger charge is -2.25. The highest BCUT2D eigenvalue weighted by atomic mass is 35.5. The van der Waals surface area contributed by atoms with Gasteiger partial charge in [-0.25, -0.2) is 4.79 Å². The van der Waals surface area contributed by atoms with E-state index < -0.39 is 12.6 Å². The molecule has 0 aliphatic carbocycles. The van der Waals surface area contributed by atoms with Crippen LogP contribution in [0.5, 0.6) is 5.75 Å². The van der Waals surface area contributed by atoms with Crippen molar-refractivity contribution < 1.29 is 29.3 Å². The molecule has 2 heterocycles. The Morgan fingerprint density at radius 2 is 2.06 bits per heavy atom. The molecule has 2 aromatic rings. The van der Waals surface area contributed by atoms with Gasteiger partial charge in [0.05, 0.1) is 25.0 Å². The minimum Gasteiger partial charge on any atom is -0.482 e. The predicted molar refractivity (Wildman–Crippen MR) is 127 cm³/mol. The lowest BCUT2D eigenvalue weighted by atomic mass is 10.0. The zero-order valence-electron chi connectivity index (χ0n) is 18.5. The number of hydrogen-bond acceptors (Lipinski definition) is 6. The summed E-state index contributed by atoms with van der Waals surface area (Å²) in [5, 5.41) is 24.6. The first-order valence-electron chi connectivity index (χ1n) is 10.9. The molecule has 2 aliphatic heterocycles. The number of fused-ring (bicyclic) bond motifs is 1. The van der Waals surface area contributed by atoms with Crippen LogP contribution in [0.1, 0.15) is 29.2 Å². The van der Waals surface area contributed by atoms with Gasteiger partial charge in [-0.05, 0) is 41.3 Å². The Bertz CT molecular complexity index is 1060. The number of aliphatic hydroxyl groups excluding tert-OH is 1. The van der Waals surface area contributed by atoms with E-state index in [1.54, 1.807) is 18.2 Å². The van der Waals surface area contributed by atoms with Crippen molar-refractivity contribution in [2.75, 3.05) is 31.6 Å². The number of carboxylic acid groups (broad SMARTS) is 1. The number of rotatable bonds is 9. The molecule has 4 rings (SSSR count). The van der Waals surface area contributed by atoms with E-state index in [-0.39, 0.29) is 42.8 Å². The van der Waals surface area contributed by atoms with Crippen LogP contribution in [0.25, 0.3) is 0 Å². The Morgan fingerprint density at radius 3 is 2.79 bits per heavy atom. The molecule has 0 aromatic heterocycles. The van der Waals surface area contributed by atoms with E-state index >= 15 is 0 Å². The first-order chi connectivity index (χ1) is 15.9. The van der Waals surface area contributed by atoms with Crippen LogP contribution in [0.3, 0.4) is 0 Å². The number of nitrogens with zero attached hydrogens (tertiary/aromatic N) is 1. The summed E-state index contributed by atoms with van der Waals surface area (Å²) in [4.78, 5) is 37.4. The molecule has 0 radical (unpaired) electrons. The van der Waals surface area contributed by atoms with Gasteiger partial charge in [0.2, 0.25) is 11.8 Å². The van der Waals surface area contributed by atoms with E-state index in [9.17, 15) is 19.5 Å². The molecule has 9 nitrogen and oxygen atoms in total. The van der Waals surface area contributed by atoms with Gasteiger partial charge in [-0.2, -0.15) is 0 Å². The summed E-state index contributed by atoms with van der Waals surface area (Å²) in [7, 11) is 0. The van der Waals surface area contributed by atoms with Crippen molar-refractivity contribution in [3.05, 3.63) is 59.2 Å². The predicted octanol–water partition coefficient (Wildman–Crippen LogP) is 1.53. The molecule has 0 bridgehead atoms. The van der Waals surface area contributed by atoms with E-state index in [2.05, 4.69) is 15.5 Å². The summed E-state index contributed by atoms with van der Waals surface area (Å²) in [5.74, 6) is -0.892. The second-order valence-electron chi connectivity index (χ2n) is 8.47. The highest BCUT2D eigenvalue weighted by Gasteiger charge is 2.25. The molecule has 10 heteroatoms. The fraction of sp³-hybridized carbons (Fsp3) is 0.375. The van der Waals surface area contributed by atoms with E-state index in [4.69, 9.17) is 9.84 Å². The van der Waals surface area contributed by atoms with Crippen molar-refractivity contribution in [1.82, 2.24) is 10.2 Å². The lowest BCUT2D eigenvalue weighted by Crippen LogP contribution is -2.38. The van der Waals surface area contributed by atoms with Crippen molar-refractivity contribution in [2.45, 2.75) is 31.4 Å². The number of ether oxygens (including phenoxy) is 1. The van der Waals surface area contributed by atoms with Gasteiger partial charge >= 0.3 is 5.97 Å². The molecule has 1 unspecified atom stereocenters. The Hall–Kier alpha value is -3.14. The van der Waals surface area contributed by atoms with Crippen LogP contribution >= 0.6 is 12.4 Å². The number of halogens is 1. The number of likely N-dealkylation sites (tertiary alicyclic amines) is 1. The normalized spacial score (nSPS) is 17.9. The Balaban J connectivity index is 0.00000324. The maximum Gasteiger partial charge on any atom is 0.341 e. The zero-order valence-corrected chi connectivity index (χ0v) is 19.3. The third kappa shape index (κ3) is 6.69. The maximum absolute atomic E-state index is 12.9. The largest absolute Gasteiger partial charge is 0.482 e. The minimum atomic E-state index is -1.07. The Labute approximate surface area is 203 Å². The van der Waals surface area contributed by atoms with Gasteiger partial charge in [-0.3, -0.25) is 14.5 Å². The van der Waals surface area contributed by atoms with Crippen LogP contribution in [-0.4, -0.2) is 65.2 Å². The lowest BCUT2D eigenvalue weighted by molar-refractivity contribution is -0.139. The Kier molecular flexibility index (Phi) is 8.49. The number of aliphatic hydroxyl groups is 1. The summed E-state index contributed by atoms with van der Waals surface area (Å²) in [6.07, 6.45) is 0.806.